The van der Waals surface area contributed by atoms with Crippen molar-refractivity contribution in [1.29, 1.82) is 10.5 Å². The molecular weight excluding hydrogens is 307 g/mol. The van der Waals surface area contributed by atoms with Crippen LogP contribution in [0.4, 0.5) is 0 Å². The van der Waals surface area contributed by atoms with E-state index in [4.69, 9.17) is 10.5 Å². The summed E-state index contributed by atoms with van der Waals surface area (Å²) in [6, 6.07) is 9.87. The van der Waals surface area contributed by atoms with Crippen LogP contribution in [0.3, 0.4) is 0 Å². The number of thiophene rings is 1. The molecule has 0 saturated heterocycles. The van der Waals surface area contributed by atoms with E-state index in [1.165, 1.54) is 11.3 Å². The van der Waals surface area contributed by atoms with Crippen LogP contribution in [0.2, 0.25) is 0 Å². The molecule has 0 aliphatic heterocycles. The van der Waals surface area contributed by atoms with E-state index in [-0.39, 0.29) is 0 Å². The minimum Gasteiger partial charge on any atom is -0.192 e. The number of nitrogens with zero attached hydrogens (tertiary/aromatic N) is 2. The standard InChI is InChI=1S/C10H3IN2S/c11-8-1-6-3-9(5-13)14-10(6)7(2-8)4-12/h1-3H. The Hall–Kier alpha value is -1.11. The van der Waals surface area contributed by atoms with Crippen molar-refractivity contribution in [2.24, 2.45) is 0 Å². The lowest BCUT2D eigenvalue weighted by atomic mass is 10.2. The summed E-state index contributed by atoms with van der Waals surface area (Å²) in [5.74, 6) is 0. The highest BCUT2D eigenvalue weighted by molar-refractivity contribution is 14.1. The molecule has 14 heavy (non-hydrogen) atoms. The van der Waals surface area contributed by atoms with Gasteiger partial charge in [-0.1, -0.05) is 0 Å². The number of hydrogen-bond donors (Lipinski definition) is 0. The molecule has 0 spiro atoms. The van der Waals surface area contributed by atoms with Crippen molar-refractivity contribution in [1.82, 2.24) is 0 Å². The lowest BCUT2D eigenvalue weighted by Crippen LogP contribution is -1.76. The van der Waals surface area contributed by atoms with Gasteiger partial charge in [-0.3, -0.25) is 0 Å². The van der Waals surface area contributed by atoms with Crippen LogP contribution in [-0.4, -0.2) is 0 Å². The van der Waals surface area contributed by atoms with Crippen LogP contribution >= 0.6 is 33.9 Å². The fourth-order valence-corrected chi connectivity index (χ4v) is 2.80. The van der Waals surface area contributed by atoms with Crippen molar-refractivity contribution in [3.63, 3.8) is 0 Å². The predicted molar refractivity (Wildman–Crippen MR) is 64.0 cm³/mol. The Balaban J connectivity index is 2.88. The zero-order valence-electron chi connectivity index (χ0n) is 6.91. The minimum absolute atomic E-state index is 0.651. The second-order valence-corrected chi connectivity index (χ2v) is 5.00. The van der Waals surface area contributed by atoms with Gasteiger partial charge in [0.05, 0.1) is 10.3 Å². The maximum absolute atomic E-state index is 8.91. The summed E-state index contributed by atoms with van der Waals surface area (Å²) >= 11 is 3.54. The molecule has 0 atom stereocenters. The Morgan fingerprint density at radius 1 is 1.14 bits per heavy atom. The number of nitriles is 2. The number of rotatable bonds is 0. The summed E-state index contributed by atoms with van der Waals surface area (Å²) in [5.41, 5.74) is 0.651. The smallest absolute Gasteiger partial charge is 0.110 e. The molecule has 0 saturated carbocycles. The Morgan fingerprint density at radius 3 is 2.57 bits per heavy atom. The van der Waals surface area contributed by atoms with Gasteiger partial charge in [0.15, 0.2) is 0 Å². The van der Waals surface area contributed by atoms with Crippen LogP contribution in [0.15, 0.2) is 18.2 Å². The molecule has 1 aromatic heterocycles. The average Bonchev–Trinajstić information content (AvgIpc) is 2.59. The van der Waals surface area contributed by atoms with E-state index >= 15 is 0 Å². The summed E-state index contributed by atoms with van der Waals surface area (Å²) in [6.45, 7) is 0. The zero-order valence-corrected chi connectivity index (χ0v) is 9.89. The van der Waals surface area contributed by atoms with Crippen LogP contribution in [-0.2, 0) is 0 Å². The lowest BCUT2D eigenvalue weighted by Gasteiger charge is -1.93. The maximum Gasteiger partial charge on any atom is 0.110 e. The molecule has 0 bridgehead atoms. The monoisotopic (exact) mass is 310 g/mol. The first-order valence-corrected chi connectivity index (χ1v) is 5.67. The third kappa shape index (κ3) is 1.47. The first-order chi connectivity index (χ1) is 6.74. The normalized spacial score (nSPS) is 9.64. The molecule has 2 nitrogen and oxygen atoms in total. The van der Waals surface area contributed by atoms with E-state index in [0.717, 1.165) is 13.7 Å². The van der Waals surface area contributed by atoms with Crippen LogP contribution in [0, 0.1) is 26.2 Å². The molecule has 0 amide bonds. The molecule has 0 aliphatic rings. The Labute approximate surface area is 98.5 Å². The highest BCUT2D eigenvalue weighted by Crippen LogP contribution is 2.29. The molecule has 1 aromatic carbocycles. The second kappa shape index (κ2) is 3.56. The van der Waals surface area contributed by atoms with Crippen molar-refractivity contribution >= 4 is 44.0 Å². The zero-order chi connectivity index (χ0) is 10.1. The Bertz CT molecular complexity index is 586. The molecule has 1 heterocycles. The maximum atomic E-state index is 8.91. The Morgan fingerprint density at radius 2 is 1.93 bits per heavy atom. The summed E-state index contributed by atoms with van der Waals surface area (Å²) in [5, 5.41) is 18.6. The summed E-state index contributed by atoms with van der Waals surface area (Å²) in [6.07, 6.45) is 0. The molecule has 0 aliphatic carbocycles. The van der Waals surface area contributed by atoms with Gasteiger partial charge < -0.3 is 0 Å². The van der Waals surface area contributed by atoms with Gasteiger partial charge in [-0.05, 0) is 46.2 Å². The van der Waals surface area contributed by atoms with Gasteiger partial charge in [0.2, 0.25) is 0 Å². The number of halogens is 1. The molecular formula is C10H3IN2S. The fourth-order valence-electron chi connectivity index (χ4n) is 1.25. The van der Waals surface area contributed by atoms with E-state index in [1.807, 2.05) is 18.2 Å². The quantitative estimate of drug-likeness (QED) is 0.701. The van der Waals surface area contributed by atoms with Crippen LogP contribution in [0.1, 0.15) is 10.4 Å². The van der Waals surface area contributed by atoms with E-state index in [9.17, 15) is 0 Å². The van der Waals surface area contributed by atoms with Crippen molar-refractivity contribution in [2.45, 2.75) is 0 Å². The van der Waals surface area contributed by atoms with Gasteiger partial charge in [0.1, 0.15) is 17.0 Å². The third-order valence-electron chi connectivity index (χ3n) is 1.81. The van der Waals surface area contributed by atoms with E-state index in [2.05, 4.69) is 34.7 Å². The number of fused-ring (bicyclic) bond motifs is 1. The van der Waals surface area contributed by atoms with Crippen molar-refractivity contribution in [2.75, 3.05) is 0 Å². The van der Waals surface area contributed by atoms with E-state index in [1.54, 1.807) is 0 Å². The fraction of sp³-hybridized carbons (Fsp3) is 0. The predicted octanol–water partition coefficient (Wildman–Crippen LogP) is 3.25. The van der Waals surface area contributed by atoms with Crippen molar-refractivity contribution < 1.29 is 0 Å². The summed E-state index contributed by atoms with van der Waals surface area (Å²) in [7, 11) is 0. The lowest BCUT2D eigenvalue weighted by molar-refractivity contribution is 1.50. The van der Waals surface area contributed by atoms with Crippen LogP contribution < -0.4 is 0 Å². The van der Waals surface area contributed by atoms with Gasteiger partial charge in [-0.25, -0.2) is 0 Å². The number of benzene rings is 1. The highest BCUT2D eigenvalue weighted by Gasteiger charge is 2.07. The van der Waals surface area contributed by atoms with E-state index < -0.39 is 0 Å². The van der Waals surface area contributed by atoms with Gasteiger partial charge in [-0.15, -0.1) is 11.3 Å². The first kappa shape index (κ1) is 9.45. The van der Waals surface area contributed by atoms with Gasteiger partial charge >= 0.3 is 0 Å². The van der Waals surface area contributed by atoms with Gasteiger partial charge in [0, 0.05) is 3.57 Å². The second-order valence-electron chi connectivity index (χ2n) is 2.71. The first-order valence-electron chi connectivity index (χ1n) is 3.78. The number of hydrogen-bond acceptors (Lipinski definition) is 3. The van der Waals surface area contributed by atoms with Gasteiger partial charge in [-0.2, -0.15) is 10.5 Å². The van der Waals surface area contributed by atoms with Crippen molar-refractivity contribution in [3.8, 4) is 12.1 Å². The van der Waals surface area contributed by atoms with E-state index in [0.29, 0.717) is 10.4 Å². The van der Waals surface area contributed by atoms with Crippen LogP contribution in [0.25, 0.3) is 10.1 Å². The topological polar surface area (TPSA) is 47.6 Å². The molecule has 2 aromatic rings. The largest absolute Gasteiger partial charge is 0.192 e. The highest BCUT2D eigenvalue weighted by atomic mass is 127. The SMILES string of the molecule is N#Cc1cc2cc(I)cc(C#N)c2s1. The van der Waals surface area contributed by atoms with Crippen LogP contribution in [0.5, 0.6) is 0 Å². The van der Waals surface area contributed by atoms with Crippen molar-refractivity contribution in [3.05, 3.63) is 32.2 Å². The molecule has 66 valence electrons. The third-order valence-corrected chi connectivity index (χ3v) is 3.52. The summed E-state index contributed by atoms with van der Waals surface area (Å²) in [4.78, 5) is 0.651. The molecule has 0 N–H and O–H groups in total. The summed E-state index contributed by atoms with van der Waals surface area (Å²) < 4.78 is 1.93. The molecule has 0 fully saturated rings. The molecule has 0 unspecified atom stereocenters. The average molecular weight is 310 g/mol. The minimum atomic E-state index is 0.651. The molecule has 4 heteroatoms. The Kier molecular flexibility index (Phi) is 2.40. The molecule has 0 radical (unpaired) electrons. The molecule has 2 rings (SSSR count). The van der Waals surface area contributed by atoms with Gasteiger partial charge in [0.25, 0.3) is 0 Å².